The molecule has 122 valence electrons. The summed E-state index contributed by atoms with van der Waals surface area (Å²) < 4.78 is 0. The molecule has 4 nitrogen and oxygen atoms in total. The molecule has 1 fully saturated rings. The maximum atomic E-state index is 12.8. The Bertz CT molecular complexity index is 798. The largest absolute Gasteiger partial charge is 0.325 e. The van der Waals surface area contributed by atoms with Crippen LogP contribution in [0.15, 0.2) is 60.7 Å². The minimum absolute atomic E-state index is 0.223. The van der Waals surface area contributed by atoms with Gasteiger partial charge in [0.05, 0.1) is 0 Å². The Balaban J connectivity index is 1.79. The number of urea groups is 1. The number of carbonyl (C=O) groups excluding carboxylic acids is 2. The van der Waals surface area contributed by atoms with E-state index in [-0.39, 0.29) is 18.5 Å². The van der Waals surface area contributed by atoms with Gasteiger partial charge in [-0.05, 0) is 30.5 Å². The van der Waals surface area contributed by atoms with Gasteiger partial charge in [0.15, 0.2) is 0 Å². The van der Waals surface area contributed by atoms with Gasteiger partial charge in [0, 0.05) is 6.54 Å². The van der Waals surface area contributed by atoms with Crippen LogP contribution in [0.1, 0.15) is 23.6 Å². The van der Waals surface area contributed by atoms with Crippen LogP contribution in [0, 0.1) is 6.92 Å². The van der Waals surface area contributed by atoms with Crippen molar-refractivity contribution in [3.8, 4) is 0 Å². The van der Waals surface area contributed by atoms with Crippen molar-refractivity contribution in [1.82, 2.24) is 10.2 Å². The summed E-state index contributed by atoms with van der Waals surface area (Å²) in [7, 11) is 0. The lowest BCUT2D eigenvalue weighted by Crippen LogP contribution is -2.41. The quantitative estimate of drug-likeness (QED) is 0.877. The van der Waals surface area contributed by atoms with Crippen LogP contribution in [0.5, 0.6) is 0 Å². The van der Waals surface area contributed by atoms with Gasteiger partial charge in [0.1, 0.15) is 5.54 Å². The molecule has 2 aromatic rings. The van der Waals surface area contributed by atoms with E-state index >= 15 is 0 Å². The Morgan fingerprint density at radius 1 is 1.04 bits per heavy atom. The fourth-order valence-corrected chi connectivity index (χ4v) is 3.04. The van der Waals surface area contributed by atoms with Crippen molar-refractivity contribution in [3.05, 3.63) is 77.4 Å². The van der Waals surface area contributed by atoms with Crippen molar-refractivity contribution in [3.63, 3.8) is 0 Å². The van der Waals surface area contributed by atoms with Crippen molar-refractivity contribution < 1.29 is 9.59 Å². The number of hydrogen-bond donors (Lipinski definition) is 1. The summed E-state index contributed by atoms with van der Waals surface area (Å²) in [6.45, 7) is 3.95. The normalized spacial score (nSPS) is 20.7. The number of amides is 3. The number of imide groups is 1. The third kappa shape index (κ3) is 2.83. The molecule has 1 heterocycles. The van der Waals surface area contributed by atoms with Gasteiger partial charge in [0.25, 0.3) is 5.91 Å². The number of aryl methyl sites for hydroxylation is 1. The summed E-state index contributed by atoms with van der Waals surface area (Å²) in [6, 6.07) is 17.1. The number of hydrogen-bond acceptors (Lipinski definition) is 2. The molecule has 1 aliphatic rings. The van der Waals surface area contributed by atoms with Crippen molar-refractivity contribution >= 4 is 18.0 Å². The van der Waals surface area contributed by atoms with E-state index < -0.39 is 5.54 Å². The van der Waals surface area contributed by atoms with Gasteiger partial charge in [-0.3, -0.25) is 9.69 Å². The van der Waals surface area contributed by atoms with Crippen LogP contribution in [0.2, 0.25) is 0 Å². The second kappa shape index (κ2) is 6.32. The molecular formula is C20H20N2O2. The van der Waals surface area contributed by atoms with Gasteiger partial charge >= 0.3 is 6.03 Å². The Morgan fingerprint density at radius 3 is 2.42 bits per heavy atom. The van der Waals surface area contributed by atoms with E-state index in [0.29, 0.717) is 0 Å². The highest BCUT2D eigenvalue weighted by atomic mass is 16.2. The van der Waals surface area contributed by atoms with Crippen LogP contribution in [0.3, 0.4) is 0 Å². The van der Waals surface area contributed by atoms with Crippen LogP contribution in [0.4, 0.5) is 4.79 Å². The van der Waals surface area contributed by atoms with Crippen LogP contribution < -0.4 is 5.32 Å². The minimum atomic E-state index is -1.01. The zero-order valence-corrected chi connectivity index (χ0v) is 13.8. The molecule has 24 heavy (non-hydrogen) atoms. The maximum Gasteiger partial charge on any atom is 0.325 e. The molecule has 0 radical (unpaired) electrons. The summed E-state index contributed by atoms with van der Waals surface area (Å²) in [6.07, 6.45) is 3.74. The van der Waals surface area contributed by atoms with Gasteiger partial charge in [-0.2, -0.15) is 0 Å². The second-order valence-electron chi connectivity index (χ2n) is 6.10. The molecule has 1 atom stereocenters. The predicted octanol–water partition coefficient (Wildman–Crippen LogP) is 3.48. The SMILES string of the molecule is Cc1ccccc1C1(C)NC(=O)N(C/C=C/c2ccccc2)C1=O. The third-order valence-corrected chi connectivity index (χ3v) is 4.36. The van der Waals surface area contributed by atoms with Crippen LogP contribution in [-0.4, -0.2) is 23.4 Å². The van der Waals surface area contributed by atoms with Crippen LogP contribution in [0.25, 0.3) is 6.08 Å². The number of carbonyl (C=O) groups is 2. The predicted molar refractivity (Wildman–Crippen MR) is 94.3 cm³/mol. The molecule has 3 rings (SSSR count). The lowest BCUT2D eigenvalue weighted by atomic mass is 9.88. The topological polar surface area (TPSA) is 49.4 Å². The standard InChI is InChI=1S/C20H20N2O2/c1-15-9-6-7-13-17(15)20(2)18(23)22(19(24)21-20)14-8-12-16-10-4-3-5-11-16/h3-13H,14H2,1-2H3,(H,21,24)/b12-8+. The Hall–Kier alpha value is -2.88. The molecule has 1 aliphatic heterocycles. The van der Waals surface area contributed by atoms with E-state index in [4.69, 9.17) is 0 Å². The van der Waals surface area contributed by atoms with E-state index in [2.05, 4.69) is 5.32 Å². The fraction of sp³-hybridized carbons (Fsp3) is 0.200. The van der Waals surface area contributed by atoms with Crippen molar-refractivity contribution in [1.29, 1.82) is 0 Å². The first-order valence-electron chi connectivity index (χ1n) is 7.94. The summed E-state index contributed by atoms with van der Waals surface area (Å²) in [4.78, 5) is 26.4. The van der Waals surface area contributed by atoms with Gasteiger partial charge in [-0.25, -0.2) is 4.79 Å². The zero-order valence-electron chi connectivity index (χ0n) is 13.8. The Morgan fingerprint density at radius 2 is 1.71 bits per heavy atom. The molecule has 0 saturated carbocycles. The second-order valence-corrected chi connectivity index (χ2v) is 6.10. The number of nitrogens with zero attached hydrogens (tertiary/aromatic N) is 1. The highest BCUT2D eigenvalue weighted by Gasteiger charge is 2.48. The van der Waals surface area contributed by atoms with Gasteiger partial charge in [-0.15, -0.1) is 0 Å². The van der Waals surface area contributed by atoms with Crippen LogP contribution >= 0.6 is 0 Å². The highest BCUT2D eigenvalue weighted by Crippen LogP contribution is 2.30. The molecule has 0 aliphatic carbocycles. The first kappa shape index (κ1) is 16.0. The highest BCUT2D eigenvalue weighted by molar-refractivity contribution is 6.07. The molecule has 3 amide bonds. The first-order chi connectivity index (χ1) is 11.5. The number of nitrogens with one attached hydrogen (secondary N) is 1. The molecule has 2 aromatic carbocycles. The summed E-state index contributed by atoms with van der Waals surface area (Å²) in [5, 5.41) is 2.84. The maximum absolute atomic E-state index is 12.8. The molecule has 4 heteroatoms. The Labute approximate surface area is 141 Å². The van der Waals surface area contributed by atoms with Gasteiger partial charge in [0.2, 0.25) is 0 Å². The molecule has 1 N–H and O–H groups in total. The summed E-state index contributed by atoms with van der Waals surface area (Å²) in [5.41, 5.74) is 1.84. The molecule has 0 aromatic heterocycles. The number of benzene rings is 2. The molecule has 0 spiro atoms. The number of rotatable bonds is 4. The minimum Gasteiger partial charge on any atom is -0.319 e. The molecule has 0 bridgehead atoms. The fourth-order valence-electron chi connectivity index (χ4n) is 3.04. The first-order valence-corrected chi connectivity index (χ1v) is 7.94. The average Bonchev–Trinajstić information content (AvgIpc) is 2.80. The summed E-state index contributed by atoms with van der Waals surface area (Å²) >= 11 is 0. The van der Waals surface area contributed by atoms with E-state index in [1.807, 2.05) is 73.7 Å². The molecule has 1 saturated heterocycles. The van der Waals surface area contributed by atoms with Crippen molar-refractivity contribution in [2.45, 2.75) is 19.4 Å². The zero-order chi connectivity index (χ0) is 17.2. The lowest BCUT2D eigenvalue weighted by molar-refractivity contribution is -0.130. The summed E-state index contributed by atoms with van der Waals surface area (Å²) in [5.74, 6) is -0.223. The van der Waals surface area contributed by atoms with Crippen molar-refractivity contribution in [2.24, 2.45) is 0 Å². The Kier molecular flexibility index (Phi) is 4.21. The lowest BCUT2D eigenvalue weighted by Gasteiger charge is -2.23. The van der Waals surface area contributed by atoms with Gasteiger partial charge < -0.3 is 5.32 Å². The smallest absolute Gasteiger partial charge is 0.319 e. The van der Waals surface area contributed by atoms with Crippen molar-refractivity contribution in [2.75, 3.05) is 6.54 Å². The molecule has 1 unspecified atom stereocenters. The monoisotopic (exact) mass is 320 g/mol. The van der Waals surface area contributed by atoms with E-state index in [1.165, 1.54) is 4.90 Å². The van der Waals surface area contributed by atoms with E-state index in [9.17, 15) is 9.59 Å². The van der Waals surface area contributed by atoms with E-state index in [1.54, 1.807) is 6.92 Å². The van der Waals surface area contributed by atoms with Gasteiger partial charge in [-0.1, -0.05) is 66.7 Å². The van der Waals surface area contributed by atoms with E-state index in [0.717, 1.165) is 16.7 Å². The van der Waals surface area contributed by atoms with Crippen LogP contribution in [-0.2, 0) is 10.3 Å². The molecular weight excluding hydrogens is 300 g/mol. The third-order valence-electron chi connectivity index (χ3n) is 4.36. The average molecular weight is 320 g/mol.